The minimum Gasteiger partial charge on any atom is -0.354 e. The Morgan fingerprint density at radius 1 is 1.03 bits per heavy atom. The fraction of sp³-hybridized carbons (Fsp3) is 0.462. The van der Waals surface area contributed by atoms with Gasteiger partial charge in [-0.2, -0.15) is 0 Å². The van der Waals surface area contributed by atoms with Gasteiger partial charge in [-0.1, -0.05) is 60.8 Å². The molecular weight excluding hydrogens is 557 g/mol. The maximum atomic E-state index is 13.4. The van der Waals surface area contributed by atoms with Gasteiger partial charge in [-0.25, -0.2) is 8.42 Å². The van der Waals surface area contributed by atoms with E-state index >= 15 is 0 Å². The second-order valence-corrected chi connectivity index (χ2v) is 12.6. The first-order valence-electron chi connectivity index (χ1n) is 12.0. The zero-order chi connectivity index (χ0) is 27.9. The lowest BCUT2D eigenvalue weighted by atomic mass is 10.1. The molecule has 1 N–H and O–H groups in total. The molecule has 0 bridgehead atoms. The van der Waals surface area contributed by atoms with E-state index < -0.39 is 16.1 Å². The van der Waals surface area contributed by atoms with Gasteiger partial charge in [0, 0.05) is 46.7 Å². The van der Waals surface area contributed by atoms with Crippen LogP contribution < -0.4 is 9.62 Å². The molecule has 0 fully saturated rings. The van der Waals surface area contributed by atoms with E-state index in [1.807, 2.05) is 13.8 Å². The third kappa shape index (κ3) is 9.06. The van der Waals surface area contributed by atoms with Crippen LogP contribution in [0.4, 0.5) is 5.69 Å². The van der Waals surface area contributed by atoms with Crippen molar-refractivity contribution < 1.29 is 18.0 Å². The molecule has 0 saturated carbocycles. The summed E-state index contributed by atoms with van der Waals surface area (Å²) in [5.41, 5.74) is 1.74. The van der Waals surface area contributed by atoms with Crippen molar-refractivity contribution in [3.05, 3.63) is 62.6 Å². The second-order valence-electron chi connectivity index (χ2n) is 9.41. The Kier molecular flexibility index (Phi) is 11.6. The van der Waals surface area contributed by atoms with Crippen LogP contribution in [0.15, 0.2) is 36.4 Å². The predicted molar refractivity (Wildman–Crippen MR) is 152 cm³/mol. The van der Waals surface area contributed by atoms with E-state index in [1.165, 1.54) is 9.21 Å². The van der Waals surface area contributed by atoms with Crippen molar-refractivity contribution in [1.82, 2.24) is 10.2 Å². The van der Waals surface area contributed by atoms with Gasteiger partial charge in [0.25, 0.3) is 0 Å². The lowest BCUT2D eigenvalue weighted by molar-refractivity contribution is -0.140. The number of nitrogens with zero attached hydrogens (tertiary/aromatic N) is 2. The van der Waals surface area contributed by atoms with Crippen LogP contribution in [-0.2, 0) is 26.2 Å². The number of carbonyl (C=O) groups is 2. The molecule has 0 aliphatic carbocycles. The molecule has 0 spiro atoms. The van der Waals surface area contributed by atoms with E-state index in [0.29, 0.717) is 32.9 Å². The summed E-state index contributed by atoms with van der Waals surface area (Å²) in [7, 11) is -3.63. The number of nitrogens with one attached hydrogen (secondary N) is 1. The molecule has 2 aromatic carbocycles. The molecule has 2 amide bonds. The van der Waals surface area contributed by atoms with Crippen LogP contribution in [0.3, 0.4) is 0 Å². The van der Waals surface area contributed by atoms with E-state index in [4.69, 9.17) is 34.8 Å². The normalized spacial score (nSPS) is 12.4. The smallest absolute Gasteiger partial charge is 0.242 e. The molecule has 1 atom stereocenters. The summed E-state index contributed by atoms with van der Waals surface area (Å²) in [6.45, 7) is 7.98. The zero-order valence-electron chi connectivity index (χ0n) is 21.7. The highest BCUT2D eigenvalue weighted by Crippen LogP contribution is 2.28. The first-order valence-corrected chi connectivity index (χ1v) is 14.9. The Bertz CT molecular complexity index is 1200. The van der Waals surface area contributed by atoms with Gasteiger partial charge in [0.2, 0.25) is 21.8 Å². The van der Waals surface area contributed by atoms with Gasteiger partial charge in [0.15, 0.2) is 0 Å². The third-order valence-electron chi connectivity index (χ3n) is 5.83. The van der Waals surface area contributed by atoms with Crippen molar-refractivity contribution in [2.24, 2.45) is 5.92 Å². The lowest BCUT2D eigenvalue weighted by Gasteiger charge is -2.30. The number of anilines is 1. The molecule has 11 heteroatoms. The van der Waals surface area contributed by atoms with E-state index in [9.17, 15) is 18.0 Å². The Labute approximate surface area is 235 Å². The number of benzene rings is 2. The highest BCUT2D eigenvalue weighted by Gasteiger charge is 2.28. The van der Waals surface area contributed by atoms with Crippen molar-refractivity contribution in [2.75, 3.05) is 23.7 Å². The average Bonchev–Trinajstić information content (AvgIpc) is 2.80. The number of hydrogen-bond donors (Lipinski definition) is 1. The van der Waals surface area contributed by atoms with Crippen LogP contribution in [0, 0.1) is 12.8 Å². The van der Waals surface area contributed by atoms with Crippen LogP contribution in [-0.4, -0.2) is 50.5 Å². The highest BCUT2D eigenvalue weighted by molar-refractivity contribution is 7.92. The molecule has 37 heavy (non-hydrogen) atoms. The van der Waals surface area contributed by atoms with E-state index in [1.54, 1.807) is 50.2 Å². The van der Waals surface area contributed by atoms with Crippen LogP contribution in [0.2, 0.25) is 15.1 Å². The average molecular weight is 591 g/mol. The Morgan fingerprint density at radius 3 is 2.22 bits per heavy atom. The van der Waals surface area contributed by atoms with E-state index in [2.05, 4.69) is 5.32 Å². The number of carbonyl (C=O) groups excluding carboxylic acids is 2. The minimum absolute atomic E-state index is 0.00943. The molecule has 2 rings (SSSR count). The molecule has 2 aromatic rings. The predicted octanol–water partition coefficient (Wildman–Crippen LogP) is 5.69. The van der Waals surface area contributed by atoms with Crippen LogP contribution in [0.1, 0.15) is 44.7 Å². The van der Waals surface area contributed by atoms with Crippen molar-refractivity contribution in [2.45, 2.75) is 53.1 Å². The fourth-order valence-corrected chi connectivity index (χ4v) is 5.42. The number of hydrogen-bond acceptors (Lipinski definition) is 4. The van der Waals surface area contributed by atoms with Gasteiger partial charge < -0.3 is 10.2 Å². The lowest BCUT2D eigenvalue weighted by Crippen LogP contribution is -2.48. The SMILES string of the molecule is Cc1ccc(Cl)cc1N(CCCC(=O)N(Cc1c(Cl)cccc1Cl)[C@@H](C)C(=O)NCC(C)C)S(C)(=O)=O. The van der Waals surface area contributed by atoms with Gasteiger partial charge in [0.05, 0.1) is 11.9 Å². The van der Waals surface area contributed by atoms with E-state index in [0.717, 1.165) is 11.8 Å². The van der Waals surface area contributed by atoms with Crippen molar-refractivity contribution >= 4 is 62.3 Å². The zero-order valence-corrected chi connectivity index (χ0v) is 24.8. The monoisotopic (exact) mass is 589 g/mol. The summed E-state index contributed by atoms with van der Waals surface area (Å²) in [4.78, 5) is 27.7. The highest BCUT2D eigenvalue weighted by atomic mass is 35.5. The number of aryl methyl sites for hydroxylation is 1. The summed E-state index contributed by atoms with van der Waals surface area (Å²) in [6.07, 6.45) is 1.35. The summed E-state index contributed by atoms with van der Waals surface area (Å²) in [6, 6.07) is 9.28. The first kappa shape index (κ1) is 31.2. The second kappa shape index (κ2) is 13.7. The third-order valence-corrected chi connectivity index (χ3v) is 7.96. The van der Waals surface area contributed by atoms with Gasteiger partial charge in [-0.05, 0) is 56.0 Å². The molecule has 0 aromatic heterocycles. The topological polar surface area (TPSA) is 86.8 Å². The summed E-state index contributed by atoms with van der Waals surface area (Å²) < 4.78 is 26.3. The van der Waals surface area contributed by atoms with Gasteiger partial charge in [0.1, 0.15) is 6.04 Å². The van der Waals surface area contributed by atoms with E-state index in [-0.39, 0.29) is 43.7 Å². The molecule has 0 aliphatic rings. The molecule has 0 heterocycles. The van der Waals surface area contributed by atoms with Crippen LogP contribution >= 0.6 is 34.8 Å². The molecule has 0 aliphatic heterocycles. The van der Waals surface area contributed by atoms with Crippen molar-refractivity contribution in [3.8, 4) is 0 Å². The summed E-state index contributed by atoms with van der Waals surface area (Å²) in [5, 5.41) is 4.05. The number of halogens is 3. The van der Waals surface area contributed by atoms with Gasteiger partial charge in [-0.15, -0.1) is 0 Å². The van der Waals surface area contributed by atoms with Crippen LogP contribution in [0.5, 0.6) is 0 Å². The Morgan fingerprint density at radius 2 is 1.65 bits per heavy atom. The molecular formula is C26H34Cl3N3O4S. The molecule has 7 nitrogen and oxygen atoms in total. The first-order chi connectivity index (χ1) is 17.2. The van der Waals surface area contributed by atoms with Crippen LogP contribution in [0.25, 0.3) is 0 Å². The molecule has 0 unspecified atom stereocenters. The summed E-state index contributed by atoms with van der Waals surface area (Å²) >= 11 is 18.8. The number of rotatable bonds is 12. The maximum Gasteiger partial charge on any atom is 0.242 e. The molecule has 0 radical (unpaired) electrons. The van der Waals surface area contributed by atoms with Gasteiger partial charge >= 0.3 is 0 Å². The number of amides is 2. The standard InChI is InChI=1S/C26H34Cl3N3O4S/c1-17(2)15-30-26(34)19(4)31(16-21-22(28)8-6-9-23(21)29)25(33)10-7-13-32(37(5,35)36)24-14-20(27)12-11-18(24)3/h6,8-9,11-12,14,17,19H,7,10,13,15-16H2,1-5H3,(H,30,34)/t19-/m0/s1. The fourth-order valence-electron chi connectivity index (χ4n) is 3.72. The maximum absolute atomic E-state index is 13.4. The van der Waals surface area contributed by atoms with Crippen molar-refractivity contribution in [3.63, 3.8) is 0 Å². The number of sulfonamides is 1. The summed E-state index contributed by atoms with van der Waals surface area (Å²) in [5.74, 6) is -0.368. The Hall–Kier alpha value is -2.00. The molecule has 0 saturated heterocycles. The largest absolute Gasteiger partial charge is 0.354 e. The minimum atomic E-state index is -3.63. The molecule has 204 valence electrons. The van der Waals surface area contributed by atoms with Crippen molar-refractivity contribution in [1.29, 1.82) is 0 Å². The van der Waals surface area contributed by atoms with Gasteiger partial charge in [-0.3, -0.25) is 13.9 Å². The Balaban J connectivity index is 2.25. The quantitative estimate of drug-likeness (QED) is 0.344.